The normalized spacial score (nSPS) is 12.0. The number of nitrogens with zero attached hydrogens (tertiary/aromatic N) is 4. The highest BCUT2D eigenvalue weighted by molar-refractivity contribution is 7.90. The molecule has 0 atom stereocenters. The average Bonchev–Trinajstić information content (AvgIpc) is 2.94. The Kier molecular flexibility index (Phi) is 4.18. The molecule has 0 unspecified atom stereocenters. The molecule has 22 heavy (non-hydrogen) atoms. The lowest BCUT2D eigenvalue weighted by atomic mass is 10.2. The third-order valence-electron chi connectivity index (χ3n) is 3.19. The highest BCUT2D eigenvalue weighted by Gasteiger charge is 2.18. The zero-order valence-corrected chi connectivity index (χ0v) is 13.5. The van der Waals surface area contributed by atoms with E-state index in [1.54, 1.807) is 24.9 Å². The van der Waals surface area contributed by atoms with Gasteiger partial charge in [-0.1, -0.05) is 0 Å². The molecule has 2 heterocycles. The van der Waals surface area contributed by atoms with E-state index in [1.807, 2.05) is 18.6 Å². The van der Waals surface area contributed by atoms with E-state index in [9.17, 15) is 13.2 Å². The Morgan fingerprint density at radius 1 is 1.32 bits per heavy atom. The van der Waals surface area contributed by atoms with Crippen LogP contribution in [0.2, 0.25) is 0 Å². The summed E-state index contributed by atoms with van der Waals surface area (Å²) in [5.41, 5.74) is 2.44. The molecular weight excluding hydrogens is 306 g/mol. The highest BCUT2D eigenvalue weighted by Crippen LogP contribution is 2.13. The number of aromatic nitrogens is 4. The van der Waals surface area contributed by atoms with Gasteiger partial charge in [-0.25, -0.2) is 13.1 Å². The van der Waals surface area contributed by atoms with E-state index in [1.165, 1.54) is 23.2 Å². The predicted molar refractivity (Wildman–Crippen MR) is 80.3 cm³/mol. The second-order valence-electron chi connectivity index (χ2n) is 4.86. The van der Waals surface area contributed by atoms with Crippen molar-refractivity contribution in [3.05, 3.63) is 35.4 Å². The van der Waals surface area contributed by atoms with Gasteiger partial charge in [-0.2, -0.15) is 10.2 Å². The maximum atomic E-state index is 12.0. The molecule has 0 aliphatic carbocycles. The summed E-state index contributed by atoms with van der Waals surface area (Å²) < 4.78 is 28.9. The first-order valence-corrected chi connectivity index (χ1v) is 7.92. The summed E-state index contributed by atoms with van der Waals surface area (Å²) in [6.07, 6.45) is 5.21. The van der Waals surface area contributed by atoms with Gasteiger partial charge >= 0.3 is 0 Å². The molecule has 1 N–H and O–H groups in total. The Hall–Kier alpha value is -2.42. The van der Waals surface area contributed by atoms with E-state index in [4.69, 9.17) is 0 Å². The van der Waals surface area contributed by atoms with Crippen LogP contribution in [0.5, 0.6) is 0 Å². The average molecular weight is 323 g/mol. The molecule has 0 radical (unpaired) electrons. The second-order valence-corrected chi connectivity index (χ2v) is 6.54. The quantitative estimate of drug-likeness (QED) is 0.815. The lowest BCUT2D eigenvalue weighted by Crippen LogP contribution is -2.28. The van der Waals surface area contributed by atoms with Crippen molar-refractivity contribution in [3.8, 4) is 0 Å². The van der Waals surface area contributed by atoms with Crippen molar-refractivity contribution in [2.75, 3.05) is 0 Å². The van der Waals surface area contributed by atoms with Gasteiger partial charge in [-0.15, -0.1) is 0 Å². The van der Waals surface area contributed by atoms with Crippen molar-refractivity contribution in [3.63, 3.8) is 0 Å². The molecule has 0 saturated carbocycles. The lowest BCUT2D eigenvalue weighted by Gasteiger charge is -2.01. The van der Waals surface area contributed by atoms with E-state index < -0.39 is 15.9 Å². The molecule has 0 aliphatic rings. The second kappa shape index (κ2) is 5.76. The van der Waals surface area contributed by atoms with Crippen LogP contribution in [0.15, 0.2) is 23.4 Å². The fraction of sp³-hybridized carbons (Fsp3) is 0.308. The van der Waals surface area contributed by atoms with E-state index in [-0.39, 0.29) is 4.90 Å². The Bertz CT molecular complexity index is 845. The van der Waals surface area contributed by atoms with Crippen molar-refractivity contribution in [1.29, 1.82) is 0 Å². The molecule has 1 amide bonds. The van der Waals surface area contributed by atoms with Crippen LogP contribution in [-0.4, -0.2) is 33.9 Å². The fourth-order valence-corrected chi connectivity index (χ4v) is 2.88. The van der Waals surface area contributed by atoms with Crippen molar-refractivity contribution >= 4 is 22.0 Å². The van der Waals surface area contributed by atoms with Crippen LogP contribution in [0.4, 0.5) is 0 Å². The van der Waals surface area contributed by atoms with Gasteiger partial charge in [-0.05, 0) is 19.9 Å². The van der Waals surface area contributed by atoms with Gasteiger partial charge in [-0.3, -0.25) is 14.2 Å². The van der Waals surface area contributed by atoms with Crippen LogP contribution in [0.1, 0.15) is 17.0 Å². The number of hydrogen-bond acceptors (Lipinski definition) is 5. The Labute approximate surface area is 128 Å². The minimum Gasteiger partial charge on any atom is -0.274 e. The summed E-state index contributed by atoms with van der Waals surface area (Å²) in [5, 5.41) is 7.98. The number of aryl methyl sites for hydroxylation is 3. The van der Waals surface area contributed by atoms with Crippen LogP contribution in [0.3, 0.4) is 0 Å². The summed E-state index contributed by atoms with van der Waals surface area (Å²) >= 11 is 0. The Balaban J connectivity index is 2.15. The summed E-state index contributed by atoms with van der Waals surface area (Å²) in [6.45, 7) is 3.68. The minimum atomic E-state index is -3.91. The van der Waals surface area contributed by atoms with Crippen molar-refractivity contribution in [2.24, 2.45) is 14.1 Å². The molecule has 0 aromatic carbocycles. The van der Waals surface area contributed by atoms with Crippen molar-refractivity contribution < 1.29 is 13.2 Å². The number of sulfonamides is 1. The molecule has 118 valence electrons. The molecule has 0 fully saturated rings. The van der Waals surface area contributed by atoms with Crippen molar-refractivity contribution in [1.82, 2.24) is 24.3 Å². The van der Waals surface area contributed by atoms with Crippen LogP contribution in [-0.2, 0) is 28.9 Å². The SMILES string of the molecule is Cc1nn(C)c(C)c1C=CC(=O)NS(=O)(=O)c1cnn(C)c1. The Morgan fingerprint density at radius 3 is 2.50 bits per heavy atom. The summed E-state index contributed by atoms with van der Waals surface area (Å²) in [6, 6.07) is 0. The van der Waals surface area contributed by atoms with Gasteiger partial charge < -0.3 is 0 Å². The number of carbonyl (C=O) groups excluding carboxylic acids is 1. The standard InChI is InChI=1S/C13H17N5O3S/c1-9-12(10(2)18(4)15-9)5-6-13(19)16-22(20,21)11-7-14-17(3)8-11/h5-8H,1-4H3,(H,16,19). The van der Waals surface area contributed by atoms with Gasteiger partial charge in [0.05, 0.1) is 11.9 Å². The van der Waals surface area contributed by atoms with Crippen molar-refractivity contribution in [2.45, 2.75) is 18.7 Å². The number of nitrogens with one attached hydrogen (secondary N) is 1. The summed E-state index contributed by atoms with van der Waals surface area (Å²) in [7, 11) is -0.523. The molecular formula is C13H17N5O3S. The van der Waals surface area contributed by atoms with E-state index >= 15 is 0 Å². The first-order valence-electron chi connectivity index (χ1n) is 6.44. The smallest absolute Gasteiger partial charge is 0.267 e. The van der Waals surface area contributed by atoms with Gasteiger partial charge in [0.2, 0.25) is 0 Å². The molecule has 2 aromatic rings. The maximum absolute atomic E-state index is 12.0. The van der Waals surface area contributed by atoms with Gasteiger partial charge in [0.15, 0.2) is 0 Å². The molecule has 0 spiro atoms. The zero-order valence-electron chi connectivity index (χ0n) is 12.7. The van der Waals surface area contributed by atoms with E-state index in [0.717, 1.165) is 17.0 Å². The third kappa shape index (κ3) is 3.25. The van der Waals surface area contributed by atoms with E-state index in [0.29, 0.717) is 0 Å². The first-order chi connectivity index (χ1) is 10.2. The van der Waals surface area contributed by atoms with Crippen LogP contribution >= 0.6 is 0 Å². The first kappa shape index (κ1) is 16.0. The van der Waals surface area contributed by atoms with Gasteiger partial charge in [0.25, 0.3) is 15.9 Å². The number of carbonyl (C=O) groups is 1. The highest BCUT2D eigenvalue weighted by atomic mass is 32.2. The largest absolute Gasteiger partial charge is 0.274 e. The van der Waals surface area contributed by atoms with Crippen LogP contribution in [0, 0.1) is 13.8 Å². The lowest BCUT2D eigenvalue weighted by molar-refractivity contribution is -0.114. The molecule has 0 aliphatic heterocycles. The molecule has 8 nitrogen and oxygen atoms in total. The summed E-state index contributed by atoms with van der Waals surface area (Å²) in [5.74, 6) is -0.730. The van der Waals surface area contributed by atoms with Crippen LogP contribution in [0.25, 0.3) is 6.08 Å². The fourth-order valence-electron chi connectivity index (χ4n) is 1.95. The predicted octanol–water partition coefficient (Wildman–Crippen LogP) is 0.289. The molecule has 2 rings (SSSR count). The number of amides is 1. The molecule has 9 heteroatoms. The topological polar surface area (TPSA) is 98.9 Å². The number of hydrogen-bond donors (Lipinski definition) is 1. The zero-order chi connectivity index (χ0) is 16.5. The minimum absolute atomic E-state index is 0.0644. The number of rotatable bonds is 4. The molecule has 0 bridgehead atoms. The summed E-state index contributed by atoms with van der Waals surface area (Å²) in [4.78, 5) is 11.7. The van der Waals surface area contributed by atoms with Crippen LogP contribution < -0.4 is 4.72 Å². The van der Waals surface area contributed by atoms with Gasteiger partial charge in [0.1, 0.15) is 4.90 Å². The molecule has 2 aromatic heterocycles. The Morgan fingerprint density at radius 2 is 2.00 bits per heavy atom. The third-order valence-corrected chi connectivity index (χ3v) is 4.49. The molecule has 0 saturated heterocycles. The van der Waals surface area contributed by atoms with E-state index in [2.05, 4.69) is 10.2 Å². The monoisotopic (exact) mass is 323 g/mol. The van der Waals surface area contributed by atoms with Gasteiger partial charge in [0, 0.05) is 37.6 Å². The maximum Gasteiger partial charge on any atom is 0.267 e.